The smallest absolute Gasteiger partial charge is 0.442 e. The number of amidine groups is 1. The first-order valence-corrected chi connectivity index (χ1v) is 14.8. The minimum Gasteiger partial charge on any atom is -0.442 e. The molecule has 1 aliphatic rings. The number of aryl methyl sites for hydroxylation is 1. The molecule has 2 amide bonds. The van der Waals surface area contributed by atoms with Crippen LogP contribution in [0.15, 0.2) is 69.4 Å². The summed E-state index contributed by atoms with van der Waals surface area (Å²) in [6.45, 7) is 5.17. The van der Waals surface area contributed by atoms with E-state index in [1.165, 1.54) is 0 Å². The van der Waals surface area contributed by atoms with Crippen LogP contribution >= 0.6 is 0 Å². The lowest BCUT2D eigenvalue weighted by molar-refractivity contribution is -0.274. The molecule has 2 heterocycles. The van der Waals surface area contributed by atoms with Gasteiger partial charge in [0.25, 0.3) is 15.6 Å². The highest BCUT2D eigenvalue weighted by Gasteiger charge is 2.33. The molecule has 1 aromatic heterocycles. The van der Waals surface area contributed by atoms with Crippen molar-refractivity contribution in [2.75, 3.05) is 4.72 Å². The monoisotopic (exact) mass is 650 g/mol. The summed E-state index contributed by atoms with van der Waals surface area (Å²) in [5.41, 5.74) is 5.03. The number of alkyl halides is 3. The van der Waals surface area contributed by atoms with Gasteiger partial charge >= 0.3 is 12.5 Å². The first-order chi connectivity index (χ1) is 20.9. The van der Waals surface area contributed by atoms with Gasteiger partial charge in [0.2, 0.25) is 5.91 Å². The van der Waals surface area contributed by atoms with Crippen molar-refractivity contribution in [3.05, 3.63) is 82.0 Å². The van der Waals surface area contributed by atoms with Gasteiger partial charge in [0.05, 0.1) is 11.1 Å². The first kappa shape index (κ1) is 33.0. The van der Waals surface area contributed by atoms with Crippen molar-refractivity contribution in [2.45, 2.75) is 63.1 Å². The fourth-order valence-electron chi connectivity index (χ4n) is 4.30. The lowest BCUT2D eigenvalue weighted by Gasteiger charge is -2.17. The Morgan fingerprint density at radius 1 is 1.09 bits per heavy atom. The van der Waals surface area contributed by atoms with Crippen LogP contribution in [0.2, 0.25) is 0 Å². The topological polar surface area (TPSA) is 184 Å². The maximum Gasteiger partial charge on any atom is 0.573 e. The van der Waals surface area contributed by atoms with Crippen molar-refractivity contribution < 1.29 is 40.7 Å². The summed E-state index contributed by atoms with van der Waals surface area (Å²) in [4.78, 5) is 45.6. The van der Waals surface area contributed by atoms with Gasteiger partial charge in [-0.25, -0.2) is 18.2 Å². The predicted molar refractivity (Wildman–Crippen MR) is 155 cm³/mol. The lowest BCUT2D eigenvalue weighted by atomic mass is 10.1. The van der Waals surface area contributed by atoms with Crippen molar-refractivity contribution in [3.8, 4) is 5.75 Å². The predicted octanol–water partition coefficient (Wildman–Crippen LogP) is 3.39. The molecule has 0 radical (unpaired) electrons. The Kier molecular flexibility index (Phi) is 9.22. The Hall–Kier alpha value is -4.93. The van der Waals surface area contributed by atoms with Gasteiger partial charge in [0, 0.05) is 18.5 Å². The van der Waals surface area contributed by atoms with Gasteiger partial charge in [0.1, 0.15) is 34.7 Å². The zero-order valence-corrected chi connectivity index (χ0v) is 25.0. The van der Waals surface area contributed by atoms with E-state index in [4.69, 9.17) is 10.5 Å². The van der Waals surface area contributed by atoms with Gasteiger partial charge in [-0.3, -0.25) is 18.9 Å². The summed E-state index contributed by atoms with van der Waals surface area (Å²) in [6, 6.07) is 8.97. The van der Waals surface area contributed by atoms with Gasteiger partial charge < -0.3 is 20.5 Å². The van der Waals surface area contributed by atoms with Crippen LogP contribution in [-0.4, -0.2) is 47.8 Å². The van der Waals surface area contributed by atoms with E-state index in [0.717, 1.165) is 35.0 Å². The van der Waals surface area contributed by atoms with E-state index >= 15 is 0 Å². The number of aliphatic imine (C=N–C) groups is 1. The largest absolute Gasteiger partial charge is 0.573 e. The highest BCUT2D eigenvalue weighted by atomic mass is 32.2. The van der Waals surface area contributed by atoms with Gasteiger partial charge in [-0.2, -0.15) is 4.99 Å². The summed E-state index contributed by atoms with van der Waals surface area (Å²) < 4.78 is 74.9. The van der Waals surface area contributed by atoms with Crippen LogP contribution in [0.3, 0.4) is 0 Å². The molecule has 4 N–H and O–H groups in total. The van der Waals surface area contributed by atoms with Gasteiger partial charge in [-0.15, -0.1) is 13.2 Å². The second-order valence-electron chi connectivity index (χ2n) is 10.8. The quantitative estimate of drug-likeness (QED) is 0.243. The van der Waals surface area contributed by atoms with Crippen LogP contribution in [0, 0.1) is 0 Å². The number of hydrogen-bond donors (Lipinski definition) is 3. The Balaban J connectivity index is 1.42. The SMILES string of the molecule is CC(C)(C)OC(=O)/N=C(\N)c1ccc(CNC(=O)C2CCc3ncc(NS(=O)(=O)c4ccc(OC(F)(F)F)cc4)c(=O)n32)cc1. The second-order valence-corrected chi connectivity index (χ2v) is 12.5. The minimum absolute atomic E-state index is 0.0480. The van der Waals surface area contributed by atoms with Crippen LogP contribution in [-0.2, 0) is 32.5 Å². The molecule has 1 aliphatic heterocycles. The number of rotatable bonds is 8. The molecule has 45 heavy (non-hydrogen) atoms. The van der Waals surface area contributed by atoms with E-state index in [2.05, 4.69) is 24.8 Å². The number of nitrogens with one attached hydrogen (secondary N) is 2. The highest BCUT2D eigenvalue weighted by Crippen LogP contribution is 2.26. The lowest BCUT2D eigenvalue weighted by Crippen LogP contribution is -2.36. The number of fused-ring (bicyclic) bond motifs is 1. The van der Waals surface area contributed by atoms with Crippen LogP contribution in [0.25, 0.3) is 0 Å². The fourth-order valence-corrected chi connectivity index (χ4v) is 5.34. The number of ether oxygens (including phenoxy) is 2. The number of carbonyl (C=O) groups is 2. The van der Waals surface area contributed by atoms with Gasteiger partial charge in [-0.05, 0) is 57.0 Å². The number of halogens is 3. The summed E-state index contributed by atoms with van der Waals surface area (Å²) >= 11 is 0. The summed E-state index contributed by atoms with van der Waals surface area (Å²) in [5, 5.41) is 2.74. The third kappa shape index (κ3) is 8.59. The van der Waals surface area contributed by atoms with Crippen molar-refractivity contribution in [3.63, 3.8) is 0 Å². The third-order valence-electron chi connectivity index (χ3n) is 6.26. The van der Waals surface area contributed by atoms with E-state index in [1.807, 2.05) is 0 Å². The molecule has 240 valence electrons. The molecule has 13 nitrogen and oxygen atoms in total. The van der Waals surface area contributed by atoms with Crippen molar-refractivity contribution >= 4 is 33.5 Å². The zero-order chi connectivity index (χ0) is 33.2. The zero-order valence-electron chi connectivity index (χ0n) is 24.2. The molecule has 0 bridgehead atoms. The third-order valence-corrected chi connectivity index (χ3v) is 7.64. The number of amides is 2. The molecule has 1 unspecified atom stereocenters. The highest BCUT2D eigenvalue weighted by molar-refractivity contribution is 7.92. The Bertz CT molecular complexity index is 1780. The number of nitrogens with two attached hydrogens (primary N) is 1. The number of anilines is 1. The molecule has 0 spiro atoms. The van der Waals surface area contributed by atoms with E-state index in [1.54, 1.807) is 45.0 Å². The molecule has 17 heteroatoms. The Labute approximate surface area is 255 Å². The van der Waals surface area contributed by atoms with Crippen molar-refractivity contribution in [2.24, 2.45) is 10.7 Å². The molecule has 0 fully saturated rings. The molecule has 3 aromatic rings. The number of carbonyl (C=O) groups excluding carboxylic acids is 2. The Morgan fingerprint density at radius 3 is 2.33 bits per heavy atom. The maximum absolute atomic E-state index is 13.2. The molecule has 4 rings (SSSR count). The van der Waals surface area contributed by atoms with E-state index < -0.39 is 61.9 Å². The molecule has 2 aromatic carbocycles. The summed E-state index contributed by atoms with van der Waals surface area (Å²) in [5.74, 6) is -0.899. The average molecular weight is 651 g/mol. The normalized spacial score (nSPS) is 15.2. The average Bonchev–Trinajstić information content (AvgIpc) is 3.37. The number of sulfonamides is 1. The number of hydrogen-bond acceptors (Lipinski definition) is 8. The molecular formula is C28H29F3N6O7S. The summed E-state index contributed by atoms with van der Waals surface area (Å²) in [7, 11) is -4.41. The molecule has 0 saturated carbocycles. The van der Waals surface area contributed by atoms with Crippen LogP contribution < -0.4 is 26.1 Å². The number of nitrogens with zero attached hydrogens (tertiary/aromatic N) is 3. The molecule has 1 atom stereocenters. The van der Waals surface area contributed by atoms with Crippen LogP contribution in [0.5, 0.6) is 5.75 Å². The van der Waals surface area contributed by atoms with Gasteiger partial charge in [0.15, 0.2) is 0 Å². The minimum atomic E-state index is -4.95. The number of aromatic nitrogens is 2. The van der Waals surface area contributed by atoms with Crippen LogP contribution in [0.4, 0.5) is 23.7 Å². The molecule has 0 aliphatic carbocycles. The van der Waals surface area contributed by atoms with E-state index in [0.29, 0.717) is 11.1 Å². The summed E-state index contributed by atoms with van der Waals surface area (Å²) in [6.07, 6.45) is -4.24. The molecule has 0 saturated heterocycles. The standard InChI is InChI=1S/C28H29F3N6O7S/c1-27(2,3)44-26(40)35-23(32)17-6-4-16(5-7-17)14-34-24(38)21-12-13-22-33-15-20(25(39)37(21)22)36-45(41,42)19-10-8-18(9-11-19)43-28(29,30)31/h4-11,15,21,36H,12-14H2,1-3H3,(H,34,38)(H2,32,35,40). The van der Waals surface area contributed by atoms with E-state index in [-0.39, 0.29) is 31.0 Å². The van der Waals surface area contributed by atoms with Crippen molar-refractivity contribution in [1.82, 2.24) is 14.9 Å². The Morgan fingerprint density at radius 2 is 1.73 bits per heavy atom. The fraction of sp³-hybridized carbons (Fsp3) is 0.321. The maximum atomic E-state index is 13.2. The van der Waals surface area contributed by atoms with Gasteiger partial charge in [-0.1, -0.05) is 24.3 Å². The van der Waals surface area contributed by atoms with Crippen LogP contribution in [0.1, 0.15) is 50.2 Å². The van der Waals surface area contributed by atoms with Crippen molar-refractivity contribution in [1.29, 1.82) is 0 Å². The number of benzene rings is 2. The van der Waals surface area contributed by atoms with E-state index in [9.17, 15) is 36.0 Å². The molecular weight excluding hydrogens is 621 g/mol. The first-order valence-electron chi connectivity index (χ1n) is 13.3. The second kappa shape index (κ2) is 12.6.